The highest BCUT2D eigenvalue weighted by molar-refractivity contribution is 7.91. The largest absolute Gasteiger partial charge is 0.497 e. The minimum Gasteiger partial charge on any atom is -0.497 e. The van der Waals surface area contributed by atoms with Crippen LogP contribution in [0.15, 0.2) is 66.7 Å². The molecular weight excluding hydrogens is 723 g/mol. The van der Waals surface area contributed by atoms with E-state index in [1.165, 1.54) is 9.80 Å². The molecule has 2 aliphatic carbocycles. The Balaban J connectivity index is 1.26. The Morgan fingerprint density at radius 3 is 2.49 bits per heavy atom. The third-order valence-electron chi connectivity index (χ3n) is 11.1. The number of allylic oxidation sites excluding steroid dienone is 1. The van der Waals surface area contributed by atoms with Gasteiger partial charge in [0.2, 0.25) is 27.7 Å². The molecule has 14 heteroatoms. The first-order valence-electron chi connectivity index (χ1n) is 18.9. The standard InChI is InChI=1S/C41H49N5O8S/c1-40(2,3)36-38(49)46-24-28(54-34-22-31(25-12-8-6-9-13-25)42-32-20-27(53-5)16-19-30(32)34)21-33(46)37(48)43-41(39(50)44-55(51,52)29-17-18-29)23-26(41)14-10-7-11-15-35(47)45(36)4/h6,8-10,12-14,16,19-20,22,26,28-29,33,36H,7,11,15,17-18,21,23-24H2,1-5H3,(H,43,48)(H,44,50)/b14-10-/t26-,28+,33-,36+,41+/m0/s1. The molecule has 0 spiro atoms. The number of fused-ring (bicyclic) bond motifs is 3. The molecule has 7 rings (SSSR count). The second-order valence-electron chi connectivity index (χ2n) is 16.3. The van der Waals surface area contributed by atoms with Gasteiger partial charge in [0.1, 0.15) is 35.2 Å². The summed E-state index contributed by atoms with van der Waals surface area (Å²) in [4.78, 5) is 64.5. The second-order valence-corrected chi connectivity index (χ2v) is 18.2. The summed E-state index contributed by atoms with van der Waals surface area (Å²) in [5.74, 6) is -1.34. The number of nitrogens with one attached hydrogen (secondary N) is 2. The molecule has 5 atom stereocenters. The van der Waals surface area contributed by atoms with Gasteiger partial charge in [-0.05, 0) is 49.7 Å². The van der Waals surface area contributed by atoms with Crippen molar-refractivity contribution >= 4 is 44.6 Å². The number of carbonyl (C=O) groups is 4. The molecule has 4 amide bonds. The van der Waals surface area contributed by atoms with Crippen LogP contribution >= 0.6 is 0 Å². The summed E-state index contributed by atoms with van der Waals surface area (Å²) in [6.45, 7) is 5.66. The molecule has 0 radical (unpaired) electrons. The highest BCUT2D eigenvalue weighted by Crippen LogP contribution is 2.46. The molecule has 13 nitrogen and oxygen atoms in total. The minimum atomic E-state index is -3.90. The molecule has 2 aromatic carbocycles. The molecule has 3 heterocycles. The Morgan fingerprint density at radius 1 is 1.05 bits per heavy atom. The summed E-state index contributed by atoms with van der Waals surface area (Å²) in [6.07, 6.45) is 5.47. The Morgan fingerprint density at radius 2 is 1.80 bits per heavy atom. The third-order valence-corrected chi connectivity index (χ3v) is 12.9. The van der Waals surface area contributed by atoms with Crippen molar-refractivity contribution in [3.63, 3.8) is 0 Å². The van der Waals surface area contributed by atoms with E-state index in [1.54, 1.807) is 14.2 Å². The van der Waals surface area contributed by atoms with Gasteiger partial charge in [0.25, 0.3) is 5.91 Å². The van der Waals surface area contributed by atoms with Crippen molar-refractivity contribution < 1.29 is 37.1 Å². The van der Waals surface area contributed by atoms with E-state index < -0.39 is 68.1 Å². The number of hydrogen-bond donors (Lipinski definition) is 2. The molecule has 1 aromatic heterocycles. The third kappa shape index (κ3) is 7.78. The molecule has 4 aliphatic rings. The first-order valence-corrected chi connectivity index (χ1v) is 20.5. The highest BCUT2D eigenvalue weighted by atomic mass is 32.2. The van der Waals surface area contributed by atoms with Gasteiger partial charge in [-0.3, -0.25) is 23.9 Å². The van der Waals surface area contributed by atoms with Gasteiger partial charge in [-0.2, -0.15) is 0 Å². The highest BCUT2D eigenvalue weighted by Gasteiger charge is 2.62. The van der Waals surface area contributed by atoms with E-state index in [2.05, 4.69) is 10.0 Å². The molecular formula is C41H49N5O8S. The number of ether oxygens (including phenoxy) is 2. The maximum Gasteiger partial charge on any atom is 0.259 e. The van der Waals surface area contributed by atoms with Crippen molar-refractivity contribution in [1.29, 1.82) is 0 Å². The molecule has 2 N–H and O–H groups in total. The van der Waals surface area contributed by atoms with Gasteiger partial charge in [0.15, 0.2) is 0 Å². The van der Waals surface area contributed by atoms with Crippen molar-refractivity contribution in [2.75, 3.05) is 20.7 Å². The fourth-order valence-electron chi connectivity index (χ4n) is 7.91. The van der Waals surface area contributed by atoms with Gasteiger partial charge in [-0.25, -0.2) is 13.4 Å². The van der Waals surface area contributed by atoms with Crippen LogP contribution in [0.2, 0.25) is 0 Å². The minimum absolute atomic E-state index is 0.0186. The Kier molecular flexibility index (Phi) is 10.2. The summed E-state index contributed by atoms with van der Waals surface area (Å²) in [5, 5.41) is 3.00. The van der Waals surface area contributed by atoms with E-state index in [-0.39, 0.29) is 31.7 Å². The van der Waals surface area contributed by atoms with Crippen LogP contribution in [0.4, 0.5) is 0 Å². The average Bonchev–Trinajstić information content (AvgIpc) is 4.07. The van der Waals surface area contributed by atoms with Crippen LogP contribution in [0, 0.1) is 11.3 Å². The SMILES string of the molecule is COc1ccc2c(O[C@@H]3C[C@H]4C(=O)N[C@]5(C(=O)NS(=O)(=O)C6CC6)C[C@@H]5/C=C\CCCC(=O)N(C)[C@@H](C(C)(C)C)C(=O)N4C3)cc(-c3ccccc3)nc2c1. The van der Waals surface area contributed by atoms with E-state index in [0.717, 1.165) is 5.56 Å². The number of hydrogen-bond acceptors (Lipinski definition) is 9. The molecule has 3 fully saturated rings. The van der Waals surface area contributed by atoms with Gasteiger partial charge >= 0.3 is 0 Å². The maximum absolute atomic E-state index is 14.8. The van der Waals surface area contributed by atoms with Gasteiger partial charge in [-0.1, -0.05) is 63.3 Å². The number of sulfonamides is 1. The fourth-order valence-corrected chi connectivity index (χ4v) is 9.27. The molecule has 1 saturated heterocycles. The van der Waals surface area contributed by atoms with E-state index in [0.29, 0.717) is 53.8 Å². The quantitative estimate of drug-likeness (QED) is 0.333. The van der Waals surface area contributed by atoms with Crippen LogP contribution in [0.5, 0.6) is 11.5 Å². The number of rotatable bonds is 7. The first kappa shape index (κ1) is 38.3. The predicted octanol–water partition coefficient (Wildman–Crippen LogP) is 4.36. The lowest BCUT2D eigenvalue weighted by atomic mass is 9.84. The lowest BCUT2D eigenvalue weighted by molar-refractivity contribution is -0.151. The zero-order valence-electron chi connectivity index (χ0n) is 31.9. The van der Waals surface area contributed by atoms with Crippen molar-refractivity contribution in [3.05, 3.63) is 66.7 Å². The second kappa shape index (κ2) is 14.6. The lowest BCUT2D eigenvalue weighted by Crippen LogP contribution is -2.60. The van der Waals surface area contributed by atoms with E-state index in [4.69, 9.17) is 14.5 Å². The van der Waals surface area contributed by atoms with Crippen molar-refractivity contribution in [3.8, 4) is 22.8 Å². The first-order chi connectivity index (χ1) is 26.1. The van der Waals surface area contributed by atoms with E-state index in [9.17, 15) is 27.6 Å². The monoisotopic (exact) mass is 771 g/mol. The number of methoxy groups -OCH3 is 1. The molecule has 292 valence electrons. The van der Waals surface area contributed by atoms with Crippen molar-refractivity contribution in [1.82, 2.24) is 24.8 Å². The molecule has 55 heavy (non-hydrogen) atoms. The van der Waals surface area contributed by atoms with Crippen LogP contribution in [0.1, 0.15) is 65.7 Å². The molecule has 3 aromatic rings. The van der Waals surface area contributed by atoms with Gasteiger partial charge in [0.05, 0.1) is 30.1 Å². The zero-order valence-corrected chi connectivity index (χ0v) is 32.7. The Bertz CT molecular complexity index is 2150. The molecule has 0 bridgehead atoms. The van der Waals surface area contributed by atoms with Gasteiger partial charge < -0.3 is 24.6 Å². The number of aromatic nitrogens is 1. The van der Waals surface area contributed by atoms with Crippen LogP contribution < -0.4 is 19.5 Å². The number of pyridine rings is 1. The summed E-state index contributed by atoms with van der Waals surface area (Å²) in [6, 6.07) is 15.0. The van der Waals surface area contributed by atoms with Crippen LogP contribution in [0.3, 0.4) is 0 Å². The van der Waals surface area contributed by atoms with E-state index >= 15 is 0 Å². The zero-order chi connectivity index (χ0) is 39.3. The lowest BCUT2D eigenvalue weighted by Gasteiger charge is -2.40. The van der Waals surface area contributed by atoms with Crippen molar-refractivity contribution in [2.24, 2.45) is 11.3 Å². The molecule has 0 unspecified atom stereocenters. The van der Waals surface area contributed by atoms with Crippen molar-refractivity contribution in [2.45, 2.75) is 94.7 Å². The Labute approximate surface area is 321 Å². The predicted molar refractivity (Wildman–Crippen MR) is 206 cm³/mol. The smallest absolute Gasteiger partial charge is 0.259 e. The average molecular weight is 772 g/mol. The fraction of sp³-hybridized carbons (Fsp3) is 0.488. The number of nitrogens with zero attached hydrogens (tertiary/aromatic N) is 3. The summed E-state index contributed by atoms with van der Waals surface area (Å²) < 4.78 is 40.2. The summed E-state index contributed by atoms with van der Waals surface area (Å²) in [5.41, 5.74) is -0.0586. The molecule has 2 aliphatic heterocycles. The number of likely N-dealkylation sites (N-methyl/N-ethyl adjacent to an activating group) is 1. The number of amides is 4. The topological polar surface area (TPSA) is 164 Å². The molecule has 2 saturated carbocycles. The Hall–Kier alpha value is -4.98. The number of benzene rings is 2. The van der Waals surface area contributed by atoms with Crippen LogP contribution in [0.25, 0.3) is 22.2 Å². The van der Waals surface area contributed by atoms with Gasteiger partial charge in [-0.15, -0.1) is 0 Å². The van der Waals surface area contributed by atoms with E-state index in [1.807, 2.05) is 87.5 Å². The summed E-state index contributed by atoms with van der Waals surface area (Å²) >= 11 is 0. The van der Waals surface area contributed by atoms with Crippen LogP contribution in [-0.4, -0.2) is 96.5 Å². The number of carbonyl (C=O) groups excluding carboxylic acids is 4. The maximum atomic E-state index is 14.8. The van der Waals surface area contributed by atoms with Crippen LogP contribution in [-0.2, 0) is 29.2 Å². The summed E-state index contributed by atoms with van der Waals surface area (Å²) in [7, 11) is -0.692. The van der Waals surface area contributed by atoms with Gasteiger partial charge in [0, 0.05) is 48.9 Å². The normalized spacial score (nSPS) is 27.0.